The highest BCUT2D eigenvalue weighted by molar-refractivity contribution is 5.96. The first-order valence-corrected chi connectivity index (χ1v) is 9.98. The van der Waals surface area contributed by atoms with Crippen molar-refractivity contribution in [2.24, 2.45) is 0 Å². The molecule has 0 heterocycles. The summed E-state index contributed by atoms with van der Waals surface area (Å²) in [6, 6.07) is 15.4. The number of hydrogen-bond acceptors (Lipinski definition) is 4. The number of carbonyl (C=O) groups is 2. The van der Waals surface area contributed by atoms with Gasteiger partial charge < -0.3 is 15.1 Å². The van der Waals surface area contributed by atoms with Crippen LogP contribution < -0.4 is 10.2 Å². The summed E-state index contributed by atoms with van der Waals surface area (Å²) in [7, 11) is 5.35. The Morgan fingerprint density at radius 3 is 1.97 bits per heavy atom. The molecule has 0 bridgehead atoms. The van der Waals surface area contributed by atoms with Crippen LogP contribution in [0, 0.1) is 0 Å². The predicted octanol–water partition coefficient (Wildman–Crippen LogP) is 3.31. The summed E-state index contributed by atoms with van der Waals surface area (Å²) in [5, 5.41) is 2.88. The molecule has 1 N–H and O–H groups in total. The summed E-state index contributed by atoms with van der Waals surface area (Å²) in [4.78, 5) is 30.1. The molecule has 2 amide bonds. The molecule has 0 fully saturated rings. The SMILES string of the molecule is CCN(CC)c1ccc(CN(C)CC(=O)Nc2ccc(C(=O)N(C)C)cc2)cc1. The van der Waals surface area contributed by atoms with E-state index in [-0.39, 0.29) is 18.4 Å². The maximum Gasteiger partial charge on any atom is 0.253 e. The molecule has 0 aromatic heterocycles. The van der Waals surface area contributed by atoms with E-state index in [0.717, 1.165) is 13.1 Å². The second kappa shape index (κ2) is 10.6. The Morgan fingerprint density at radius 1 is 0.862 bits per heavy atom. The van der Waals surface area contributed by atoms with E-state index in [0.29, 0.717) is 17.8 Å². The van der Waals surface area contributed by atoms with Gasteiger partial charge in [0, 0.05) is 50.7 Å². The van der Waals surface area contributed by atoms with Crippen LogP contribution in [0.2, 0.25) is 0 Å². The fourth-order valence-corrected chi connectivity index (χ4v) is 3.17. The fourth-order valence-electron chi connectivity index (χ4n) is 3.17. The summed E-state index contributed by atoms with van der Waals surface area (Å²) < 4.78 is 0. The Balaban J connectivity index is 1.86. The third-order valence-corrected chi connectivity index (χ3v) is 4.75. The average molecular weight is 397 g/mol. The van der Waals surface area contributed by atoms with E-state index in [1.54, 1.807) is 38.4 Å². The van der Waals surface area contributed by atoms with E-state index in [1.807, 2.05) is 11.9 Å². The molecule has 2 aromatic rings. The van der Waals surface area contributed by atoms with Crippen LogP contribution in [0.3, 0.4) is 0 Å². The molecular formula is C23H32N4O2. The van der Waals surface area contributed by atoms with Gasteiger partial charge in [0.05, 0.1) is 6.54 Å². The van der Waals surface area contributed by atoms with Gasteiger partial charge in [-0.15, -0.1) is 0 Å². The molecule has 0 saturated heterocycles. The topological polar surface area (TPSA) is 55.9 Å². The summed E-state index contributed by atoms with van der Waals surface area (Å²) in [6.07, 6.45) is 0. The van der Waals surface area contributed by atoms with Gasteiger partial charge in [0.2, 0.25) is 5.91 Å². The van der Waals surface area contributed by atoms with Gasteiger partial charge in [0.1, 0.15) is 0 Å². The molecule has 2 rings (SSSR count). The molecule has 6 nitrogen and oxygen atoms in total. The fraction of sp³-hybridized carbons (Fsp3) is 0.391. The number of carbonyl (C=O) groups excluding carboxylic acids is 2. The van der Waals surface area contributed by atoms with Crippen LogP contribution in [0.15, 0.2) is 48.5 Å². The van der Waals surface area contributed by atoms with Crippen molar-refractivity contribution in [3.05, 3.63) is 59.7 Å². The number of rotatable bonds is 9. The van der Waals surface area contributed by atoms with Crippen LogP contribution in [0.25, 0.3) is 0 Å². The maximum absolute atomic E-state index is 12.3. The van der Waals surface area contributed by atoms with Crippen molar-refractivity contribution >= 4 is 23.2 Å². The monoisotopic (exact) mass is 396 g/mol. The Bertz CT molecular complexity index is 797. The average Bonchev–Trinajstić information content (AvgIpc) is 2.70. The number of nitrogens with one attached hydrogen (secondary N) is 1. The third kappa shape index (κ3) is 6.61. The van der Waals surface area contributed by atoms with Crippen LogP contribution in [-0.4, -0.2) is 62.4 Å². The number of hydrogen-bond donors (Lipinski definition) is 1. The highest BCUT2D eigenvalue weighted by Gasteiger charge is 2.10. The normalized spacial score (nSPS) is 10.7. The number of benzene rings is 2. The molecule has 29 heavy (non-hydrogen) atoms. The van der Waals surface area contributed by atoms with Crippen molar-refractivity contribution in [3.63, 3.8) is 0 Å². The first-order valence-electron chi connectivity index (χ1n) is 9.98. The molecule has 0 radical (unpaired) electrons. The minimum Gasteiger partial charge on any atom is -0.372 e. The largest absolute Gasteiger partial charge is 0.372 e. The first kappa shape index (κ1) is 22.4. The van der Waals surface area contributed by atoms with Crippen molar-refractivity contribution in [2.75, 3.05) is 51.0 Å². The molecular weight excluding hydrogens is 364 g/mol. The summed E-state index contributed by atoms with van der Waals surface area (Å²) >= 11 is 0. The lowest BCUT2D eigenvalue weighted by Crippen LogP contribution is -2.30. The van der Waals surface area contributed by atoms with Gasteiger partial charge in [-0.3, -0.25) is 14.5 Å². The number of anilines is 2. The highest BCUT2D eigenvalue weighted by Crippen LogP contribution is 2.16. The van der Waals surface area contributed by atoms with Crippen molar-refractivity contribution in [1.29, 1.82) is 0 Å². The van der Waals surface area contributed by atoms with Gasteiger partial charge in [-0.1, -0.05) is 12.1 Å². The second-order valence-corrected chi connectivity index (χ2v) is 7.34. The standard InChI is InChI=1S/C23H32N4O2/c1-6-27(7-2)21-14-8-18(9-15-21)16-26(5)17-22(28)24-20-12-10-19(11-13-20)23(29)25(3)4/h8-15H,6-7,16-17H2,1-5H3,(H,24,28). The Kier molecular flexibility index (Phi) is 8.21. The zero-order valence-corrected chi connectivity index (χ0v) is 18.1. The van der Waals surface area contributed by atoms with Gasteiger partial charge in [0.15, 0.2) is 0 Å². The molecule has 0 unspecified atom stereocenters. The summed E-state index contributed by atoms with van der Waals surface area (Å²) in [5.74, 6) is -0.145. The van der Waals surface area contributed by atoms with Crippen LogP contribution in [0.5, 0.6) is 0 Å². The highest BCUT2D eigenvalue weighted by atomic mass is 16.2. The van der Waals surface area contributed by atoms with Crippen molar-refractivity contribution < 1.29 is 9.59 Å². The van der Waals surface area contributed by atoms with E-state index in [9.17, 15) is 9.59 Å². The lowest BCUT2D eigenvalue weighted by Gasteiger charge is -2.22. The Labute approximate surface area is 174 Å². The smallest absolute Gasteiger partial charge is 0.253 e. The van der Waals surface area contributed by atoms with Crippen LogP contribution >= 0.6 is 0 Å². The molecule has 156 valence electrons. The molecule has 0 aliphatic carbocycles. The van der Waals surface area contributed by atoms with Gasteiger partial charge in [-0.2, -0.15) is 0 Å². The molecule has 0 saturated carbocycles. The van der Waals surface area contributed by atoms with Gasteiger partial charge in [-0.25, -0.2) is 0 Å². The predicted molar refractivity (Wildman–Crippen MR) is 119 cm³/mol. The lowest BCUT2D eigenvalue weighted by atomic mass is 10.1. The van der Waals surface area contributed by atoms with E-state index < -0.39 is 0 Å². The molecule has 0 spiro atoms. The minimum atomic E-state index is -0.0843. The molecule has 0 aliphatic rings. The van der Waals surface area contributed by atoms with Crippen LogP contribution in [0.4, 0.5) is 11.4 Å². The zero-order chi connectivity index (χ0) is 21.4. The van der Waals surface area contributed by atoms with Crippen molar-refractivity contribution in [2.45, 2.75) is 20.4 Å². The Hall–Kier alpha value is -2.86. The maximum atomic E-state index is 12.3. The minimum absolute atomic E-state index is 0.0605. The van der Waals surface area contributed by atoms with E-state index in [1.165, 1.54) is 16.2 Å². The molecule has 0 atom stereocenters. The molecule has 2 aromatic carbocycles. The van der Waals surface area contributed by atoms with Crippen LogP contribution in [-0.2, 0) is 11.3 Å². The Morgan fingerprint density at radius 2 is 1.45 bits per heavy atom. The summed E-state index contributed by atoms with van der Waals surface area (Å²) in [6.45, 7) is 7.26. The van der Waals surface area contributed by atoms with Gasteiger partial charge in [-0.05, 0) is 62.9 Å². The van der Waals surface area contributed by atoms with Gasteiger partial charge >= 0.3 is 0 Å². The van der Waals surface area contributed by atoms with Crippen molar-refractivity contribution in [3.8, 4) is 0 Å². The zero-order valence-electron chi connectivity index (χ0n) is 18.1. The number of amides is 2. The molecule has 6 heteroatoms. The van der Waals surface area contributed by atoms with Crippen LogP contribution in [0.1, 0.15) is 29.8 Å². The van der Waals surface area contributed by atoms with Crippen molar-refractivity contribution in [1.82, 2.24) is 9.80 Å². The van der Waals surface area contributed by atoms with E-state index in [4.69, 9.17) is 0 Å². The van der Waals surface area contributed by atoms with E-state index >= 15 is 0 Å². The van der Waals surface area contributed by atoms with E-state index in [2.05, 4.69) is 48.3 Å². The number of nitrogens with zero attached hydrogens (tertiary/aromatic N) is 3. The molecule has 0 aliphatic heterocycles. The quantitative estimate of drug-likeness (QED) is 0.707. The summed E-state index contributed by atoms with van der Waals surface area (Å²) in [5.41, 5.74) is 3.67. The number of likely N-dealkylation sites (N-methyl/N-ethyl adjacent to an activating group) is 1. The third-order valence-electron chi connectivity index (χ3n) is 4.75. The lowest BCUT2D eigenvalue weighted by molar-refractivity contribution is -0.117. The second-order valence-electron chi connectivity index (χ2n) is 7.34. The van der Waals surface area contributed by atoms with Gasteiger partial charge in [0.25, 0.3) is 5.91 Å². The first-order chi connectivity index (χ1) is 13.8.